The van der Waals surface area contributed by atoms with Crippen LogP contribution in [0.15, 0.2) is 36.7 Å². The van der Waals surface area contributed by atoms with Gasteiger partial charge in [0.2, 0.25) is 0 Å². The number of anilines is 3. The summed E-state index contributed by atoms with van der Waals surface area (Å²) in [5.74, 6) is 1.57. The van der Waals surface area contributed by atoms with Crippen LogP contribution in [0.25, 0.3) is 0 Å². The quantitative estimate of drug-likeness (QED) is 0.779. The standard InChI is InChI=1S/C17H26N6/c1-18-16-11-17(20-13-19-16)21-15-7-5-6-14(10-15)12-23(4)9-8-22(2)3/h5-7,10-11,13H,8-9,12H2,1-4H3,(H2,18,19,20,21). The minimum Gasteiger partial charge on any atom is -0.373 e. The number of hydrogen-bond acceptors (Lipinski definition) is 6. The zero-order valence-electron chi connectivity index (χ0n) is 14.4. The van der Waals surface area contributed by atoms with E-state index in [1.807, 2.05) is 19.2 Å². The van der Waals surface area contributed by atoms with Gasteiger partial charge in [-0.1, -0.05) is 12.1 Å². The minimum absolute atomic E-state index is 0.780. The molecule has 6 heteroatoms. The molecule has 0 amide bonds. The van der Waals surface area contributed by atoms with Crippen molar-refractivity contribution in [2.45, 2.75) is 6.54 Å². The molecule has 0 saturated heterocycles. The number of aromatic nitrogens is 2. The molecule has 0 spiro atoms. The molecular weight excluding hydrogens is 288 g/mol. The second kappa shape index (κ2) is 8.45. The molecule has 1 heterocycles. The Morgan fingerprint density at radius 2 is 1.78 bits per heavy atom. The van der Waals surface area contributed by atoms with Gasteiger partial charge in [-0.3, -0.25) is 0 Å². The van der Waals surface area contributed by atoms with Crippen molar-refractivity contribution in [2.75, 3.05) is 51.9 Å². The molecule has 1 aromatic heterocycles. The predicted molar refractivity (Wildman–Crippen MR) is 96.2 cm³/mol. The van der Waals surface area contributed by atoms with E-state index >= 15 is 0 Å². The van der Waals surface area contributed by atoms with Crippen LogP contribution in [-0.4, -0.2) is 61.0 Å². The molecule has 23 heavy (non-hydrogen) atoms. The van der Waals surface area contributed by atoms with Crippen LogP contribution in [0.4, 0.5) is 17.3 Å². The van der Waals surface area contributed by atoms with Gasteiger partial charge in [0.25, 0.3) is 0 Å². The third-order valence-electron chi connectivity index (χ3n) is 3.50. The van der Waals surface area contributed by atoms with Gasteiger partial charge in [0.05, 0.1) is 0 Å². The van der Waals surface area contributed by atoms with E-state index in [-0.39, 0.29) is 0 Å². The van der Waals surface area contributed by atoms with Crippen LogP contribution < -0.4 is 10.6 Å². The summed E-state index contributed by atoms with van der Waals surface area (Å²) in [5.41, 5.74) is 2.31. The lowest BCUT2D eigenvalue weighted by atomic mass is 10.2. The largest absolute Gasteiger partial charge is 0.373 e. The number of nitrogens with one attached hydrogen (secondary N) is 2. The average Bonchev–Trinajstić information content (AvgIpc) is 2.53. The van der Waals surface area contributed by atoms with Crippen LogP contribution in [0.3, 0.4) is 0 Å². The second-order valence-corrected chi connectivity index (χ2v) is 5.90. The van der Waals surface area contributed by atoms with Crippen LogP contribution in [0.1, 0.15) is 5.56 Å². The first kappa shape index (κ1) is 17.2. The molecule has 0 aliphatic carbocycles. The summed E-state index contributed by atoms with van der Waals surface area (Å²) < 4.78 is 0. The number of hydrogen-bond donors (Lipinski definition) is 2. The third kappa shape index (κ3) is 5.84. The van der Waals surface area contributed by atoms with E-state index in [1.54, 1.807) is 6.33 Å². The number of nitrogens with zero attached hydrogens (tertiary/aromatic N) is 4. The van der Waals surface area contributed by atoms with Gasteiger partial charge in [-0.25, -0.2) is 9.97 Å². The third-order valence-corrected chi connectivity index (χ3v) is 3.50. The van der Waals surface area contributed by atoms with Gasteiger partial charge in [0.15, 0.2) is 0 Å². The Balaban J connectivity index is 1.98. The maximum atomic E-state index is 4.24. The van der Waals surface area contributed by atoms with Gasteiger partial charge in [-0.2, -0.15) is 0 Å². The maximum absolute atomic E-state index is 4.24. The molecule has 6 nitrogen and oxygen atoms in total. The lowest BCUT2D eigenvalue weighted by molar-refractivity contribution is 0.276. The highest BCUT2D eigenvalue weighted by Crippen LogP contribution is 2.18. The van der Waals surface area contributed by atoms with E-state index in [9.17, 15) is 0 Å². The van der Waals surface area contributed by atoms with Gasteiger partial charge in [0, 0.05) is 38.4 Å². The summed E-state index contributed by atoms with van der Waals surface area (Å²) in [7, 11) is 8.18. The fraction of sp³-hybridized carbons (Fsp3) is 0.412. The molecule has 0 unspecified atom stereocenters. The molecule has 0 saturated carbocycles. The normalized spacial score (nSPS) is 11.0. The topological polar surface area (TPSA) is 56.3 Å². The van der Waals surface area contributed by atoms with Crippen LogP contribution in [-0.2, 0) is 6.54 Å². The smallest absolute Gasteiger partial charge is 0.135 e. The number of benzene rings is 1. The van der Waals surface area contributed by atoms with Crippen molar-refractivity contribution in [1.29, 1.82) is 0 Å². The van der Waals surface area contributed by atoms with Gasteiger partial charge in [-0.15, -0.1) is 0 Å². The van der Waals surface area contributed by atoms with Crippen LogP contribution in [0.5, 0.6) is 0 Å². The first-order valence-corrected chi connectivity index (χ1v) is 7.76. The Kier molecular flexibility index (Phi) is 6.31. The predicted octanol–water partition coefficient (Wildman–Crippen LogP) is 2.26. The number of likely N-dealkylation sites (N-methyl/N-ethyl adjacent to an activating group) is 2. The molecule has 2 N–H and O–H groups in total. The van der Waals surface area contributed by atoms with E-state index in [0.717, 1.165) is 37.0 Å². The van der Waals surface area contributed by atoms with Crippen molar-refractivity contribution in [3.05, 3.63) is 42.2 Å². The minimum atomic E-state index is 0.780. The van der Waals surface area contributed by atoms with E-state index < -0.39 is 0 Å². The zero-order chi connectivity index (χ0) is 16.7. The summed E-state index contributed by atoms with van der Waals surface area (Å²) >= 11 is 0. The Bertz CT molecular complexity index is 614. The van der Waals surface area contributed by atoms with Gasteiger partial charge in [-0.05, 0) is 38.8 Å². The summed E-state index contributed by atoms with van der Waals surface area (Å²) in [6, 6.07) is 10.3. The summed E-state index contributed by atoms with van der Waals surface area (Å²) in [6.45, 7) is 3.03. The molecule has 0 fully saturated rings. The molecule has 0 aliphatic heterocycles. The highest BCUT2D eigenvalue weighted by molar-refractivity contribution is 5.59. The van der Waals surface area contributed by atoms with Crippen molar-refractivity contribution >= 4 is 17.3 Å². The van der Waals surface area contributed by atoms with E-state index in [1.165, 1.54) is 5.56 Å². The fourth-order valence-electron chi connectivity index (χ4n) is 2.22. The van der Waals surface area contributed by atoms with E-state index in [2.05, 4.69) is 69.7 Å². The molecule has 0 radical (unpaired) electrons. The molecule has 2 aromatic rings. The molecular formula is C17H26N6. The molecule has 2 rings (SSSR count). The SMILES string of the molecule is CNc1cc(Nc2cccc(CN(C)CCN(C)C)c2)ncn1. The molecule has 124 valence electrons. The summed E-state index contributed by atoms with van der Waals surface area (Å²) in [5, 5.41) is 6.34. The average molecular weight is 314 g/mol. The Labute approximate surface area is 138 Å². The maximum Gasteiger partial charge on any atom is 0.135 e. The van der Waals surface area contributed by atoms with Gasteiger partial charge < -0.3 is 20.4 Å². The van der Waals surface area contributed by atoms with Crippen molar-refractivity contribution in [1.82, 2.24) is 19.8 Å². The molecule has 0 bridgehead atoms. The first-order chi connectivity index (χ1) is 11.1. The van der Waals surface area contributed by atoms with Crippen LogP contribution >= 0.6 is 0 Å². The van der Waals surface area contributed by atoms with Crippen LogP contribution in [0.2, 0.25) is 0 Å². The summed E-state index contributed by atoms with van der Waals surface area (Å²) in [6.07, 6.45) is 1.55. The molecule has 0 aliphatic rings. The highest BCUT2D eigenvalue weighted by atomic mass is 15.1. The summed E-state index contributed by atoms with van der Waals surface area (Å²) in [4.78, 5) is 12.9. The van der Waals surface area contributed by atoms with Gasteiger partial charge >= 0.3 is 0 Å². The number of rotatable bonds is 8. The zero-order valence-corrected chi connectivity index (χ0v) is 14.4. The first-order valence-electron chi connectivity index (χ1n) is 7.76. The Morgan fingerprint density at radius 3 is 2.52 bits per heavy atom. The highest BCUT2D eigenvalue weighted by Gasteiger charge is 2.03. The van der Waals surface area contributed by atoms with Crippen molar-refractivity contribution in [2.24, 2.45) is 0 Å². The van der Waals surface area contributed by atoms with Crippen LogP contribution in [0, 0.1) is 0 Å². The van der Waals surface area contributed by atoms with E-state index in [4.69, 9.17) is 0 Å². The molecule has 0 atom stereocenters. The van der Waals surface area contributed by atoms with Crippen molar-refractivity contribution < 1.29 is 0 Å². The van der Waals surface area contributed by atoms with Crippen molar-refractivity contribution in [3.8, 4) is 0 Å². The second-order valence-electron chi connectivity index (χ2n) is 5.90. The molecule has 1 aromatic carbocycles. The van der Waals surface area contributed by atoms with Gasteiger partial charge in [0.1, 0.15) is 18.0 Å². The Morgan fingerprint density at radius 1 is 1.00 bits per heavy atom. The Hall–Kier alpha value is -2.18. The van der Waals surface area contributed by atoms with Crippen molar-refractivity contribution in [3.63, 3.8) is 0 Å². The van der Waals surface area contributed by atoms with E-state index in [0.29, 0.717) is 0 Å². The lowest BCUT2D eigenvalue weighted by Gasteiger charge is -2.19. The lowest BCUT2D eigenvalue weighted by Crippen LogP contribution is -2.28. The fourth-order valence-corrected chi connectivity index (χ4v) is 2.22. The monoisotopic (exact) mass is 314 g/mol.